The third kappa shape index (κ3) is 4.57. The van der Waals surface area contributed by atoms with Crippen molar-refractivity contribution < 1.29 is 19.0 Å². The van der Waals surface area contributed by atoms with E-state index in [4.69, 9.17) is 9.84 Å². The monoisotopic (exact) mass is 289 g/mol. The minimum absolute atomic E-state index is 0.105. The average molecular weight is 289 g/mol. The van der Waals surface area contributed by atoms with Crippen molar-refractivity contribution in [3.8, 4) is 5.75 Å². The van der Waals surface area contributed by atoms with Crippen LogP contribution < -0.4 is 10.1 Å². The lowest BCUT2D eigenvalue weighted by atomic mass is 10.2. The average Bonchev–Trinajstić information content (AvgIpc) is 2.52. The fourth-order valence-electron chi connectivity index (χ4n) is 1.75. The number of aliphatic hydroxyl groups is 1. The van der Waals surface area contributed by atoms with Crippen molar-refractivity contribution in [2.75, 3.05) is 13.2 Å². The number of ether oxygens (including phenoxy) is 1. The van der Waals surface area contributed by atoms with Gasteiger partial charge < -0.3 is 15.2 Å². The summed E-state index contributed by atoms with van der Waals surface area (Å²) >= 11 is 0. The Labute approximate surface area is 122 Å². The van der Waals surface area contributed by atoms with E-state index in [1.54, 1.807) is 36.4 Å². The highest BCUT2D eigenvalue weighted by Crippen LogP contribution is 2.15. The van der Waals surface area contributed by atoms with Crippen LogP contribution in [0.4, 0.5) is 4.39 Å². The van der Waals surface area contributed by atoms with Crippen molar-refractivity contribution >= 4 is 5.91 Å². The lowest BCUT2D eigenvalue weighted by Crippen LogP contribution is -2.26. The van der Waals surface area contributed by atoms with Gasteiger partial charge in [-0.05, 0) is 35.9 Å². The number of benzene rings is 2. The van der Waals surface area contributed by atoms with Crippen LogP contribution in [0, 0.1) is 5.82 Å². The molecule has 0 fully saturated rings. The summed E-state index contributed by atoms with van der Waals surface area (Å²) in [6.45, 7) is 0.397. The molecule has 0 aromatic heterocycles. The van der Waals surface area contributed by atoms with E-state index in [2.05, 4.69) is 5.32 Å². The molecule has 0 aliphatic heterocycles. The van der Waals surface area contributed by atoms with Gasteiger partial charge in [-0.2, -0.15) is 0 Å². The quantitative estimate of drug-likeness (QED) is 0.856. The maximum atomic E-state index is 12.8. The van der Waals surface area contributed by atoms with Gasteiger partial charge in [0.2, 0.25) is 0 Å². The van der Waals surface area contributed by atoms with E-state index in [-0.39, 0.29) is 24.9 Å². The van der Waals surface area contributed by atoms with Gasteiger partial charge in [-0.1, -0.05) is 18.2 Å². The summed E-state index contributed by atoms with van der Waals surface area (Å²) in [5.74, 6) is -0.00597. The Morgan fingerprint density at radius 2 is 1.95 bits per heavy atom. The SMILES string of the molecule is O=C(NCCO)c1cccc(OCc2ccc(F)cc2)c1. The second kappa shape index (κ2) is 7.40. The summed E-state index contributed by atoms with van der Waals surface area (Å²) in [5, 5.41) is 11.3. The van der Waals surface area contributed by atoms with Gasteiger partial charge >= 0.3 is 0 Å². The van der Waals surface area contributed by atoms with E-state index in [9.17, 15) is 9.18 Å². The Balaban J connectivity index is 1.97. The number of aliphatic hydroxyl groups excluding tert-OH is 1. The molecule has 0 radical (unpaired) electrons. The van der Waals surface area contributed by atoms with E-state index < -0.39 is 0 Å². The molecule has 4 nitrogen and oxygen atoms in total. The third-order valence-electron chi connectivity index (χ3n) is 2.81. The van der Waals surface area contributed by atoms with Gasteiger partial charge in [-0.3, -0.25) is 4.79 Å². The molecule has 0 unspecified atom stereocenters. The zero-order chi connectivity index (χ0) is 15.1. The Morgan fingerprint density at radius 3 is 2.67 bits per heavy atom. The molecule has 0 aliphatic rings. The topological polar surface area (TPSA) is 58.6 Å². The number of hydrogen-bond acceptors (Lipinski definition) is 3. The predicted molar refractivity (Wildman–Crippen MR) is 76.6 cm³/mol. The smallest absolute Gasteiger partial charge is 0.251 e. The third-order valence-corrected chi connectivity index (χ3v) is 2.81. The van der Waals surface area contributed by atoms with Crippen LogP contribution in [0.5, 0.6) is 5.75 Å². The molecule has 21 heavy (non-hydrogen) atoms. The van der Waals surface area contributed by atoms with E-state index in [0.717, 1.165) is 5.56 Å². The van der Waals surface area contributed by atoms with E-state index in [1.165, 1.54) is 12.1 Å². The minimum atomic E-state index is -0.290. The largest absolute Gasteiger partial charge is 0.489 e. The van der Waals surface area contributed by atoms with Crippen LogP contribution in [-0.4, -0.2) is 24.2 Å². The van der Waals surface area contributed by atoms with Crippen LogP contribution in [-0.2, 0) is 6.61 Å². The normalized spacial score (nSPS) is 10.2. The first kappa shape index (κ1) is 15.0. The molecule has 0 atom stereocenters. The minimum Gasteiger partial charge on any atom is -0.489 e. The van der Waals surface area contributed by atoms with E-state index >= 15 is 0 Å². The number of rotatable bonds is 6. The highest BCUT2D eigenvalue weighted by atomic mass is 19.1. The fourth-order valence-corrected chi connectivity index (χ4v) is 1.75. The molecular weight excluding hydrogens is 273 g/mol. The zero-order valence-electron chi connectivity index (χ0n) is 11.4. The molecule has 0 bridgehead atoms. The molecule has 1 amide bonds. The second-order valence-electron chi connectivity index (χ2n) is 4.42. The van der Waals surface area contributed by atoms with Crippen LogP contribution in [0.3, 0.4) is 0 Å². The molecule has 2 rings (SSSR count). The molecular formula is C16H16FNO3. The molecule has 0 saturated carbocycles. The number of hydrogen-bond donors (Lipinski definition) is 2. The van der Waals surface area contributed by atoms with Gasteiger partial charge in [0.1, 0.15) is 18.2 Å². The predicted octanol–water partition coefficient (Wildman–Crippen LogP) is 2.13. The molecule has 0 saturated heterocycles. The van der Waals surface area contributed by atoms with Crippen molar-refractivity contribution in [3.63, 3.8) is 0 Å². The summed E-state index contributed by atoms with van der Waals surface area (Å²) in [5.41, 5.74) is 1.30. The maximum Gasteiger partial charge on any atom is 0.251 e. The molecule has 2 aromatic carbocycles. The number of carbonyl (C=O) groups is 1. The molecule has 0 aliphatic carbocycles. The number of amides is 1. The summed E-state index contributed by atoms with van der Waals surface area (Å²) in [6, 6.07) is 12.8. The van der Waals surface area contributed by atoms with Crippen LogP contribution in [0.25, 0.3) is 0 Å². The van der Waals surface area contributed by atoms with Crippen molar-refractivity contribution in [2.45, 2.75) is 6.61 Å². The summed E-state index contributed by atoms with van der Waals surface area (Å²) < 4.78 is 18.4. The molecule has 2 N–H and O–H groups in total. The van der Waals surface area contributed by atoms with Crippen LogP contribution >= 0.6 is 0 Å². The lowest BCUT2D eigenvalue weighted by Gasteiger charge is -2.08. The Kier molecular flexibility index (Phi) is 5.29. The molecule has 5 heteroatoms. The highest BCUT2D eigenvalue weighted by Gasteiger charge is 2.06. The number of nitrogens with one attached hydrogen (secondary N) is 1. The van der Waals surface area contributed by atoms with Crippen molar-refractivity contribution in [1.29, 1.82) is 0 Å². The summed E-state index contributed by atoms with van der Waals surface area (Å²) in [7, 11) is 0. The highest BCUT2D eigenvalue weighted by molar-refractivity contribution is 5.94. The van der Waals surface area contributed by atoms with Crippen LogP contribution in [0.2, 0.25) is 0 Å². The summed E-state index contributed by atoms with van der Waals surface area (Å²) in [4.78, 5) is 11.7. The second-order valence-corrected chi connectivity index (χ2v) is 4.42. The zero-order valence-corrected chi connectivity index (χ0v) is 11.4. The first-order valence-electron chi connectivity index (χ1n) is 6.55. The number of halogens is 1. The Hall–Kier alpha value is -2.40. The Morgan fingerprint density at radius 1 is 1.19 bits per heavy atom. The first-order valence-corrected chi connectivity index (χ1v) is 6.55. The van der Waals surface area contributed by atoms with Gasteiger partial charge in [-0.25, -0.2) is 4.39 Å². The lowest BCUT2D eigenvalue weighted by molar-refractivity contribution is 0.0944. The first-order chi connectivity index (χ1) is 10.2. The summed E-state index contributed by atoms with van der Waals surface area (Å²) in [6.07, 6.45) is 0. The maximum absolute atomic E-state index is 12.8. The number of carbonyl (C=O) groups excluding carboxylic acids is 1. The molecule has 110 valence electrons. The molecule has 0 spiro atoms. The van der Waals surface area contributed by atoms with Gasteiger partial charge in [-0.15, -0.1) is 0 Å². The van der Waals surface area contributed by atoms with Crippen LogP contribution in [0.1, 0.15) is 15.9 Å². The Bertz CT molecular complexity index is 599. The van der Waals surface area contributed by atoms with Crippen molar-refractivity contribution in [2.24, 2.45) is 0 Å². The van der Waals surface area contributed by atoms with Gasteiger partial charge in [0.05, 0.1) is 6.61 Å². The van der Waals surface area contributed by atoms with Crippen LogP contribution in [0.15, 0.2) is 48.5 Å². The van der Waals surface area contributed by atoms with Crippen molar-refractivity contribution in [1.82, 2.24) is 5.32 Å². The van der Waals surface area contributed by atoms with Gasteiger partial charge in [0, 0.05) is 12.1 Å². The van der Waals surface area contributed by atoms with Gasteiger partial charge in [0.25, 0.3) is 5.91 Å². The van der Waals surface area contributed by atoms with Crippen molar-refractivity contribution in [3.05, 3.63) is 65.5 Å². The fraction of sp³-hybridized carbons (Fsp3) is 0.188. The van der Waals surface area contributed by atoms with E-state index in [1.807, 2.05) is 0 Å². The molecule has 0 heterocycles. The standard InChI is InChI=1S/C16H16FNO3/c17-14-6-4-12(5-7-14)11-21-15-3-1-2-13(10-15)16(20)18-8-9-19/h1-7,10,19H,8-9,11H2,(H,18,20). The van der Waals surface area contributed by atoms with E-state index in [0.29, 0.717) is 17.9 Å². The molecule has 2 aromatic rings. The van der Waals surface area contributed by atoms with Gasteiger partial charge in [0.15, 0.2) is 0 Å².